The zero-order valence-corrected chi connectivity index (χ0v) is 15.1. The molecule has 1 heterocycles. The number of aliphatic carboxylic acids is 1. The summed E-state index contributed by atoms with van der Waals surface area (Å²) in [4.78, 5) is 25.5. The number of carboxylic acids is 1. The lowest BCUT2D eigenvalue weighted by atomic mass is 10.1. The first kappa shape index (κ1) is 17.6. The van der Waals surface area contributed by atoms with E-state index in [1.165, 1.54) is 0 Å². The Kier molecular flexibility index (Phi) is 4.84. The molecule has 2 aromatic carbocycles. The van der Waals surface area contributed by atoms with Crippen LogP contribution in [0.3, 0.4) is 0 Å². The molecule has 1 aliphatic heterocycles. The quantitative estimate of drug-likeness (QED) is 0.851. The molecule has 2 fully saturated rings. The van der Waals surface area contributed by atoms with Gasteiger partial charge in [-0.25, -0.2) is 4.79 Å². The fraction of sp³-hybridized carbons (Fsp3) is 0.364. The number of benzene rings is 2. The van der Waals surface area contributed by atoms with Crippen LogP contribution in [0, 0.1) is 5.92 Å². The number of rotatable bonds is 6. The Hall–Kier alpha value is -2.82. The predicted octanol–water partition coefficient (Wildman–Crippen LogP) is 3.44. The molecular weight excluding hydrogens is 342 g/mol. The number of hydrogen-bond acceptors (Lipinski definition) is 3. The molecule has 5 nitrogen and oxygen atoms in total. The van der Waals surface area contributed by atoms with Crippen molar-refractivity contribution in [1.82, 2.24) is 4.90 Å². The van der Waals surface area contributed by atoms with E-state index in [1.54, 1.807) is 4.90 Å². The lowest BCUT2D eigenvalue weighted by molar-refractivity contribution is -0.148. The number of amides is 1. The van der Waals surface area contributed by atoms with Crippen molar-refractivity contribution in [3.8, 4) is 5.75 Å². The van der Waals surface area contributed by atoms with E-state index in [2.05, 4.69) is 0 Å². The summed E-state index contributed by atoms with van der Waals surface area (Å²) in [6, 6.07) is 17.3. The summed E-state index contributed by atoms with van der Waals surface area (Å²) in [5, 5.41) is 9.27. The maximum absolute atomic E-state index is 12.7. The smallest absolute Gasteiger partial charge is 0.326 e. The number of ether oxygens (including phenoxy) is 1. The monoisotopic (exact) mass is 365 g/mol. The van der Waals surface area contributed by atoms with Crippen LogP contribution >= 0.6 is 0 Å². The lowest BCUT2D eigenvalue weighted by Gasteiger charge is -2.21. The molecule has 1 aliphatic carbocycles. The fourth-order valence-electron chi connectivity index (χ4n) is 3.89. The molecule has 1 N–H and O–H groups in total. The summed E-state index contributed by atoms with van der Waals surface area (Å²) in [5.74, 6) is 0.0145. The SMILES string of the molecule is O=C(O)[C@@H]1CCCN1C(=O)C1CC1c1ccc(OCc2ccccc2)cc1. The Balaban J connectivity index is 1.34. The van der Waals surface area contributed by atoms with Crippen molar-refractivity contribution >= 4 is 11.9 Å². The van der Waals surface area contributed by atoms with Crippen molar-refractivity contribution in [3.05, 3.63) is 65.7 Å². The molecule has 5 heteroatoms. The van der Waals surface area contributed by atoms with E-state index < -0.39 is 12.0 Å². The van der Waals surface area contributed by atoms with Crippen molar-refractivity contribution in [1.29, 1.82) is 0 Å². The Morgan fingerprint density at radius 1 is 1.07 bits per heavy atom. The maximum Gasteiger partial charge on any atom is 0.326 e. The van der Waals surface area contributed by atoms with Gasteiger partial charge in [-0.05, 0) is 48.4 Å². The maximum atomic E-state index is 12.7. The number of likely N-dealkylation sites (tertiary alicyclic amines) is 1. The first-order valence-electron chi connectivity index (χ1n) is 9.43. The molecule has 1 saturated carbocycles. The number of carbonyl (C=O) groups excluding carboxylic acids is 1. The largest absolute Gasteiger partial charge is 0.489 e. The van der Waals surface area contributed by atoms with Crippen molar-refractivity contribution in [2.75, 3.05) is 6.54 Å². The summed E-state index contributed by atoms with van der Waals surface area (Å²) < 4.78 is 5.80. The van der Waals surface area contributed by atoms with Gasteiger partial charge in [-0.3, -0.25) is 4.79 Å². The highest BCUT2D eigenvalue weighted by Gasteiger charge is 2.48. The Morgan fingerprint density at radius 3 is 2.52 bits per heavy atom. The molecule has 1 saturated heterocycles. The van der Waals surface area contributed by atoms with Gasteiger partial charge in [-0.2, -0.15) is 0 Å². The topological polar surface area (TPSA) is 66.8 Å². The molecule has 27 heavy (non-hydrogen) atoms. The molecular formula is C22H23NO4. The van der Waals surface area contributed by atoms with Crippen molar-refractivity contribution in [3.63, 3.8) is 0 Å². The standard InChI is InChI=1S/C22H23NO4/c24-21(23-12-4-7-20(23)22(25)26)19-13-18(19)16-8-10-17(11-9-16)27-14-15-5-2-1-3-6-15/h1-3,5-6,8-11,18-20H,4,7,12-14H2,(H,25,26)/t18?,19?,20-/m0/s1. The van der Waals surface area contributed by atoms with Gasteiger partial charge in [-0.15, -0.1) is 0 Å². The van der Waals surface area contributed by atoms with Gasteiger partial charge in [-0.1, -0.05) is 42.5 Å². The Labute approximate surface area is 158 Å². The predicted molar refractivity (Wildman–Crippen MR) is 100 cm³/mol. The molecule has 0 radical (unpaired) electrons. The second kappa shape index (κ2) is 7.43. The summed E-state index contributed by atoms with van der Waals surface area (Å²) in [6.07, 6.45) is 2.13. The van der Waals surface area contributed by atoms with Crippen LogP contribution in [0.5, 0.6) is 5.75 Å². The molecule has 1 amide bonds. The third kappa shape index (κ3) is 3.82. The van der Waals surface area contributed by atoms with Crippen LogP contribution in [0.4, 0.5) is 0 Å². The van der Waals surface area contributed by atoms with Crippen LogP contribution in [0.2, 0.25) is 0 Å². The fourth-order valence-corrected chi connectivity index (χ4v) is 3.89. The van der Waals surface area contributed by atoms with Gasteiger partial charge in [0, 0.05) is 12.5 Å². The van der Waals surface area contributed by atoms with Gasteiger partial charge in [0.05, 0.1) is 0 Å². The number of hydrogen-bond donors (Lipinski definition) is 1. The Morgan fingerprint density at radius 2 is 1.81 bits per heavy atom. The molecule has 140 valence electrons. The van der Waals surface area contributed by atoms with Crippen LogP contribution in [0.1, 0.15) is 36.3 Å². The highest BCUT2D eigenvalue weighted by Crippen LogP contribution is 2.49. The molecule has 0 bridgehead atoms. The normalized spacial score (nSPS) is 23.9. The van der Waals surface area contributed by atoms with Crippen LogP contribution in [-0.2, 0) is 16.2 Å². The molecule has 0 spiro atoms. The van der Waals surface area contributed by atoms with E-state index in [1.807, 2.05) is 54.6 Å². The lowest BCUT2D eigenvalue weighted by Crippen LogP contribution is -2.41. The second-order valence-corrected chi connectivity index (χ2v) is 7.32. The summed E-state index contributed by atoms with van der Waals surface area (Å²) in [6.45, 7) is 1.08. The third-order valence-electron chi connectivity index (χ3n) is 5.49. The van der Waals surface area contributed by atoms with Crippen LogP contribution in [0.25, 0.3) is 0 Å². The van der Waals surface area contributed by atoms with Crippen LogP contribution < -0.4 is 4.74 Å². The van der Waals surface area contributed by atoms with E-state index in [-0.39, 0.29) is 17.7 Å². The average Bonchev–Trinajstić information content (AvgIpc) is 3.33. The average molecular weight is 365 g/mol. The number of carbonyl (C=O) groups is 2. The van der Waals surface area contributed by atoms with Crippen molar-refractivity contribution in [2.45, 2.75) is 37.8 Å². The highest BCUT2D eigenvalue weighted by molar-refractivity contribution is 5.88. The van der Waals surface area contributed by atoms with Gasteiger partial charge in [0.2, 0.25) is 5.91 Å². The summed E-state index contributed by atoms with van der Waals surface area (Å²) in [7, 11) is 0. The second-order valence-electron chi connectivity index (χ2n) is 7.32. The van der Waals surface area contributed by atoms with Gasteiger partial charge in [0.15, 0.2) is 0 Å². The molecule has 2 aromatic rings. The Bertz CT molecular complexity index is 818. The van der Waals surface area contributed by atoms with E-state index in [0.717, 1.165) is 29.7 Å². The number of nitrogens with zero attached hydrogens (tertiary/aromatic N) is 1. The third-order valence-corrected chi connectivity index (χ3v) is 5.49. The summed E-state index contributed by atoms with van der Waals surface area (Å²) >= 11 is 0. The van der Waals surface area contributed by atoms with Gasteiger partial charge < -0.3 is 14.7 Å². The minimum absolute atomic E-state index is 0.00527. The first-order chi connectivity index (χ1) is 13.1. The zero-order chi connectivity index (χ0) is 18.8. The molecule has 2 unspecified atom stereocenters. The number of carboxylic acid groups (broad SMARTS) is 1. The first-order valence-corrected chi connectivity index (χ1v) is 9.43. The van der Waals surface area contributed by atoms with E-state index >= 15 is 0 Å². The van der Waals surface area contributed by atoms with Crippen LogP contribution in [0.15, 0.2) is 54.6 Å². The van der Waals surface area contributed by atoms with Gasteiger partial charge >= 0.3 is 5.97 Å². The van der Waals surface area contributed by atoms with E-state index in [9.17, 15) is 14.7 Å². The summed E-state index contributed by atoms with van der Waals surface area (Å²) in [5.41, 5.74) is 2.24. The van der Waals surface area contributed by atoms with Gasteiger partial charge in [0.1, 0.15) is 18.4 Å². The van der Waals surface area contributed by atoms with Gasteiger partial charge in [0.25, 0.3) is 0 Å². The van der Waals surface area contributed by atoms with Crippen LogP contribution in [-0.4, -0.2) is 34.5 Å². The molecule has 3 atom stereocenters. The minimum atomic E-state index is -0.891. The highest BCUT2D eigenvalue weighted by atomic mass is 16.5. The van der Waals surface area contributed by atoms with E-state index in [4.69, 9.17) is 4.74 Å². The molecule has 2 aliphatic rings. The molecule has 0 aromatic heterocycles. The van der Waals surface area contributed by atoms with Crippen molar-refractivity contribution in [2.24, 2.45) is 5.92 Å². The minimum Gasteiger partial charge on any atom is -0.489 e. The van der Waals surface area contributed by atoms with Crippen molar-refractivity contribution < 1.29 is 19.4 Å². The molecule has 4 rings (SSSR count). The van der Waals surface area contributed by atoms with E-state index in [0.29, 0.717) is 19.6 Å². The zero-order valence-electron chi connectivity index (χ0n) is 15.1.